The van der Waals surface area contributed by atoms with Gasteiger partial charge < -0.3 is 10.2 Å². The zero-order valence-electron chi connectivity index (χ0n) is 16.5. The number of fused-ring (bicyclic) bond motifs is 1. The molecule has 1 aliphatic carbocycles. The number of likely N-dealkylation sites (tertiary alicyclic amines) is 1. The molecule has 5 nitrogen and oxygen atoms in total. The molecule has 1 atom stereocenters. The van der Waals surface area contributed by atoms with E-state index in [1.807, 2.05) is 0 Å². The second-order valence-electron chi connectivity index (χ2n) is 8.70. The zero-order valence-corrected chi connectivity index (χ0v) is 16.5. The number of hydrogen-bond acceptors (Lipinski definition) is 4. The highest BCUT2D eigenvalue weighted by molar-refractivity contribution is 5.80. The average molecular weight is 379 g/mol. The van der Waals surface area contributed by atoms with E-state index in [4.69, 9.17) is 4.98 Å². The maximum absolute atomic E-state index is 12.5. The predicted molar refractivity (Wildman–Crippen MR) is 112 cm³/mol. The lowest BCUT2D eigenvalue weighted by atomic mass is 9.93. The minimum atomic E-state index is 0.189. The van der Waals surface area contributed by atoms with E-state index in [2.05, 4.69) is 51.5 Å². The normalized spacial score (nSPS) is 24.4. The number of carbonyl (C=O) groups is 1. The van der Waals surface area contributed by atoms with Gasteiger partial charge in [-0.1, -0.05) is 18.2 Å². The maximum Gasteiger partial charge on any atom is 0.224 e. The summed E-state index contributed by atoms with van der Waals surface area (Å²) in [6.07, 6.45) is 6.86. The number of anilines is 1. The van der Waals surface area contributed by atoms with Gasteiger partial charge in [0.15, 0.2) is 0 Å². The van der Waals surface area contributed by atoms with Crippen molar-refractivity contribution < 1.29 is 4.79 Å². The van der Waals surface area contributed by atoms with Crippen molar-refractivity contribution in [2.24, 2.45) is 5.92 Å². The van der Waals surface area contributed by atoms with Gasteiger partial charge in [0.25, 0.3) is 0 Å². The van der Waals surface area contributed by atoms with E-state index >= 15 is 0 Å². The van der Waals surface area contributed by atoms with Crippen molar-refractivity contribution in [3.63, 3.8) is 0 Å². The molecule has 5 heteroatoms. The summed E-state index contributed by atoms with van der Waals surface area (Å²) in [6, 6.07) is 13.7. The first-order chi connectivity index (χ1) is 13.8. The molecule has 3 heterocycles. The fourth-order valence-corrected chi connectivity index (χ4v) is 4.79. The smallest absolute Gasteiger partial charge is 0.224 e. The van der Waals surface area contributed by atoms with Gasteiger partial charge in [-0.05, 0) is 63.3 Å². The second kappa shape index (κ2) is 7.70. The molecule has 1 aromatic carbocycles. The van der Waals surface area contributed by atoms with Crippen molar-refractivity contribution in [2.45, 2.75) is 50.6 Å². The number of piperidine rings is 2. The Morgan fingerprint density at radius 1 is 0.964 bits per heavy atom. The Balaban J connectivity index is 1.18. The van der Waals surface area contributed by atoms with Crippen LogP contribution in [0.1, 0.15) is 38.5 Å². The number of benzene rings is 1. The number of amides is 1. The predicted octanol–water partition coefficient (Wildman–Crippen LogP) is 3.19. The highest BCUT2D eigenvalue weighted by Gasteiger charge is 2.33. The van der Waals surface area contributed by atoms with Crippen LogP contribution in [-0.4, -0.2) is 54.1 Å². The minimum absolute atomic E-state index is 0.189. The van der Waals surface area contributed by atoms with Crippen LogP contribution in [0.2, 0.25) is 0 Å². The van der Waals surface area contributed by atoms with Gasteiger partial charge >= 0.3 is 0 Å². The minimum Gasteiger partial charge on any atom is -0.356 e. The van der Waals surface area contributed by atoms with Gasteiger partial charge in [0.05, 0.1) is 11.4 Å². The molecule has 5 rings (SSSR count). The summed E-state index contributed by atoms with van der Waals surface area (Å²) in [5.74, 6) is 1.58. The van der Waals surface area contributed by atoms with Crippen molar-refractivity contribution in [3.05, 3.63) is 36.4 Å². The van der Waals surface area contributed by atoms with E-state index in [1.54, 1.807) is 0 Å². The van der Waals surface area contributed by atoms with Crippen molar-refractivity contribution in [2.75, 3.05) is 31.1 Å². The molecule has 1 N–H and O–H groups in total. The molecule has 1 saturated carbocycles. The number of para-hydroxylation sites is 1. The number of rotatable bonds is 4. The fourth-order valence-electron chi connectivity index (χ4n) is 4.79. The molecule has 28 heavy (non-hydrogen) atoms. The summed E-state index contributed by atoms with van der Waals surface area (Å²) in [4.78, 5) is 22.3. The van der Waals surface area contributed by atoms with Crippen LogP contribution < -0.4 is 10.2 Å². The number of nitrogens with one attached hydrogen (secondary N) is 1. The Kier molecular flexibility index (Phi) is 4.93. The maximum atomic E-state index is 12.5. The van der Waals surface area contributed by atoms with Crippen LogP contribution in [0, 0.1) is 5.92 Å². The van der Waals surface area contributed by atoms with Crippen molar-refractivity contribution >= 4 is 22.6 Å². The van der Waals surface area contributed by atoms with Gasteiger partial charge in [0.1, 0.15) is 5.82 Å². The Morgan fingerprint density at radius 3 is 2.61 bits per heavy atom. The standard InChI is InChI=1S/C23H30N4O/c28-23(24-19-8-9-19)18-5-3-13-27(16-18)20-11-14-26(15-12-20)22-10-7-17-4-1-2-6-21(17)25-22/h1-2,4,6-7,10,18-20H,3,5,8-9,11-16H2,(H,24,28)/t18-/m0/s1. The highest BCUT2D eigenvalue weighted by atomic mass is 16.2. The summed E-state index contributed by atoms with van der Waals surface area (Å²) in [7, 11) is 0. The molecule has 0 radical (unpaired) electrons. The molecule has 3 aliphatic rings. The van der Waals surface area contributed by atoms with E-state index < -0.39 is 0 Å². The zero-order chi connectivity index (χ0) is 18.9. The van der Waals surface area contributed by atoms with Gasteiger partial charge in [0.2, 0.25) is 5.91 Å². The molecule has 0 bridgehead atoms. The second-order valence-corrected chi connectivity index (χ2v) is 8.70. The van der Waals surface area contributed by atoms with Crippen LogP contribution in [-0.2, 0) is 4.79 Å². The molecule has 2 saturated heterocycles. The number of carbonyl (C=O) groups excluding carboxylic acids is 1. The van der Waals surface area contributed by atoms with Gasteiger partial charge in [0, 0.05) is 37.1 Å². The van der Waals surface area contributed by atoms with Crippen LogP contribution in [0.5, 0.6) is 0 Å². The van der Waals surface area contributed by atoms with Gasteiger partial charge in [-0.3, -0.25) is 9.69 Å². The summed E-state index contributed by atoms with van der Waals surface area (Å²) < 4.78 is 0. The third-order valence-corrected chi connectivity index (χ3v) is 6.64. The largest absolute Gasteiger partial charge is 0.356 e. The van der Waals surface area contributed by atoms with Crippen LogP contribution >= 0.6 is 0 Å². The topological polar surface area (TPSA) is 48.5 Å². The first kappa shape index (κ1) is 17.9. The molecule has 3 fully saturated rings. The average Bonchev–Trinajstić information content (AvgIpc) is 3.57. The third-order valence-electron chi connectivity index (χ3n) is 6.64. The summed E-state index contributed by atoms with van der Waals surface area (Å²) in [6.45, 7) is 4.18. The lowest BCUT2D eigenvalue weighted by Gasteiger charge is -2.42. The van der Waals surface area contributed by atoms with Crippen LogP contribution in [0.15, 0.2) is 36.4 Å². The Hall–Kier alpha value is -2.14. The SMILES string of the molecule is O=C(NC1CC1)[C@H]1CCCN(C2CCN(c3ccc4ccccc4n3)CC2)C1. The summed E-state index contributed by atoms with van der Waals surface area (Å²) in [5.41, 5.74) is 1.07. The van der Waals surface area contributed by atoms with Gasteiger partial charge in [-0.15, -0.1) is 0 Å². The van der Waals surface area contributed by atoms with Crippen molar-refractivity contribution in [3.8, 4) is 0 Å². The monoisotopic (exact) mass is 378 g/mol. The molecule has 1 aromatic heterocycles. The molecule has 2 aliphatic heterocycles. The van der Waals surface area contributed by atoms with Crippen molar-refractivity contribution in [1.82, 2.24) is 15.2 Å². The lowest BCUT2D eigenvalue weighted by Crippen LogP contribution is -2.51. The van der Waals surface area contributed by atoms with E-state index in [-0.39, 0.29) is 5.92 Å². The highest BCUT2D eigenvalue weighted by Crippen LogP contribution is 2.27. The molecule has 1 amide bonds. The van der Waals surface area contributed by atoms with E-state index in [0.717, 1.165) is 63.2 Å². The Morgan fingerprint density at radius 2 is 1.79 bits per heavy atom. The van der Waals surface area contributed by atoms with E-state index in [1.165, 1.54) is 18.2 Å². The molecular weight excluding hydrogens is 348 g/mol. The molecule has 0 unspecified atom stereocenters. The van der Waals surface area contributed by atoms with E-state index in [9.17, 15) is 4.79 Å². The number of pyridine rings is 1. The van der Waals surface area contributed by atoms with Crippen LogP contribution in [0.25, 0.3) is 10.9 Å². The Labute approximate surface area is 167 Å². The molecule has 2 aromatic rings. The summed E-state index contributed by atoms with van der Waals surface area (Å²) in [5, 5.41) is 4.41. The lowest BCUT2D eigenvalue weighted by molar-refractivity contribution is -0.127. The third kappa shape index (κ3) is 3.86. The quantitative estimate of drug-likeness (QED) is 0.888. The van der Waals surface area contributed by atoms with Gasteiger partial charge in [-0.2, -0.15) is 0 Å². The molecule has 148 valence electrons. The van der Waals surface area contributed by atoms with Crippen LogP contribution in [0.3, 0.4) is 0 Å². The summed E-state index contributed by atoms with van der Waals surface area (Å²) >= 11 is 0. The van der Waals surface area contributed by atoms with Crippen molar-refractivity contribution in [1.29, 1.82) is 0 Å². The molecule has 0 spiro atoms. The number of hydrogen-bond donors (Lipinski definition) is 1. The number of nitrogens with zero attached hydrogens (tertiary/aromatic N) is 3. The first-order valence-electron chi connectivity index (χ1n) is 10.9. The van der Waals surface area contributed by atoms with Crippen LogP contribution in [0.4, 0.5) is 5.82 Å². The Bertz CT molecular complexity index is 841. The fraction of sp³-hybridized carbons (Fsp3) is 0.565. The van der Waals surface area contributed by atoms with E-state index in [0.29, 0.717) is 18.0 Å². The van der Waals surface area contributed by atoms with Gasteiger partial charge in [-0.25, -0.2) is 4.98 Å². The number of aromatic nitrogens is 1. The first-order valence-corrected chi connectivity index (χ1v) is 10.9. The molecular formula is C23H30N4O.